The zero-order valence-corrected chi connectivity index (χ0v) is 16.6. The molecule has 0 saturated carbocycles. The molecule has 138 valence electrons. The Bertz CT molecular complexity index is 918. The van der Waals surface area contributed by atoms with Gasteiger partial charge in [0.2, 0.25) is 5.91 Å². The van der Waals surface area contributed by atoms with Crippen molar-refractivity contribution in [2.45, 2.75) is 18.5 Å². The molecular formula is C21H20ClN3OS. The van der Waals surface area contributed by atoms with Gasteiger partial charge in [0.1, 0.15) is 0 Å². The van der Waals surface area contributed by atoms with Crippen molar-refractivity contribution < 1.29 is 4.79 Å². The van der Waals surface area contributed by atoms with Gasteiger partial charge in [-0.05, 0) is 37.1 Å². The Hall–Kier alpha value is -2.37. The highest BCUT2D eigenvalue weighted by Gasteiger charge is 2.08. The van der Waals surface area contributed by atoms with Crippen LogP contribution in [-0.4, -0.2) is 28.2 Å². The highest BCUT2D eigenvalue weighted by atomic mass is 35.5. The summed E-state index contributed by atoms with van der Waals surface area (Å²) in [6.07, 6.45) is 0.746. The molecule has 6 heteroatoms. The molecule has 3 rings (SSSR count). The maximum atomic E-state index is 12.1. The summed E-state index contributed by atoms with van der Waals surface area (Å²) < 4.78 is 0. The van der Waals surface area contributed by atoms with Crippen LogP contribution in [0.1, 0.15) is 11.3 Å². The average molecular weight is 398 g/mol. The van der Waals surface area contributed by atoms with Crippen molar-refractivity contribution in [2.75, 3.05) is 12.3 Å². The first-order valence-electron chi connectivity index (χ1n) is 8.65. The molecule has 0 aliphatic rings. The fraction of sp³-hybridized carbons (Fsp3) is 0.190. The number of amides is 1. The van der Waals surface area contributed by atoms with Gasteiger partial charge in [0, 0.05) is 22.8 Å². The minimum absolute atomic E-state index is 0.0339. The fourth-order valence-electron chi connectivity index (χ4n) is 2.58. The lowest BCUT2D eigenvalue weighted by molar-refractivity contribution is -0.118. The molecule has 0 aliphatic carbocycles. The van der Waals surface area contributed by atoms with Gasteiger partial charge in [0.25, 0.3) is 0 Å². The molecule has 1 aromatic heterocycles. The van der Waals surface area contributed by atoms with Crippen LogP contribution in [0.25, 0.3) is 11.3 Å². The van der Waals surface area contributed by atoms with E-state index in [0.717, 1.165) is 28.9 Å². The van der Waals surface area contributed by atoms with Crippen LogP contribution in [0.15, 0.2) is 65.8 Å². The summed E-state index contributed by atoms with van der Waals surface area (Å²) in [4.78, 5) is 21.1. The smallest absolute Gasteiger partial charge is 0.230 e. The summed E-state index contributed by atoms with van der Waals surface area (Å²) in [5.74, 6) is 0.251. The van der Waals surface area contributed by atoms with Gasteiger partial charge in [0.05, 0.1) is 11.4 Å². The number of aromatic nitrogens is 2. The third-order valence-electron chi connectivity index (χ3n) is 3.86. The van der Waals surface area contributed by atoms with Crippen LogP contribution in [0.5, 0.6) is 0 Å². The summed E-state index contributed by atoms with van der Waals surface area (Å²) >= 11 is 7.31. The number of rotatable bonds is 7. The first-order chi connectivity index (χ1) is 13.1. The molecule has 2 aromatic carbocycles. The van der Waals surface area contributed by atoms with Gasteiger partial charge < -0.3 is 5.32 Å². The quantitative estimate of drug-likeness (QED) is 0.469. The lowest BCUT2D eigenvalue weighted by Gasteiger charge is -2.07. The number of carbonyl (C=O) groups is 1. The number of aryl methyl sites for hydroxylation is 1. The van der Waals surface area contributed by atoms with E-state index in [-0.39, 0.29) is 11.7 Å². The van der Waals surface area contributed by atoms with Crippen LogP contribution in [0.4, 0.5) is 0 Å². The molecule has 0 unspecified atom stereocenters. The number of nitrogens with zero attached hydrogens (tertiary/aromatic N) is 2. The number of halogens is 1. The van der Waals surface area contributed by atoms with E-state index < -0.39 is 0 Å². The Morgan fingerprint density at radius 1 is 1.07 bits per heavy atom. The van der Waals surface area contributed by atoms with Crippen molar-refractivity contribution >= 4 is 29.3 Å². The minimum Gasteiger partial charge on any atom is -0.355 e. The molecule has 1 N–H and O–H groups in total. The van der Waals surface area contributed by atoms with Crippen LogP contribution in [0.3, 0.4) is 0 Å². The molecule has 1 amide bonds. The van der Waals surface area contributed by atoms with Crippen molar-refractivity contribution in [1.29, 1.82) is 0 Å². The van der Waals surface area contributed by atoms with Gasteiger partial charge in [-0.25, -0.2) is 9.97 Å². The van der Waals surface area contributed by atoms with E-state index in [1.807, 2.05) is 67.6 Å². The zero-order chi connectivity index (χ0) is 19.1. The molecule has 0 aliphatic heterocycles. The monoisotopic (exact) mass is 397 g/mol. The van der Waals surface area contributed by atoms with E-state index >= 15 is 0 Å². The number of thioether (sulfide) groups is 1. The van der Waals surface area contributed by atoms with Crippen molar-refractivity contribution in [1.82, 2.24) is 15.3 Å². The highest BCUT2D eigenvalue weighted by Crippen LogP contribution is 2.21. The molecule has 27 heavy (non-hydrogen) atoms. The van der Waals surface area contributed by atoms with Gasteiger partial charge >= 0.3 is 0 Å². The third-order valence-corrected chi connectivity index (χ3v) is 4.94. The Balaban J connectivity index is 1.52. The summed E-state index contributed by atoms with van der Waals surface area (Å²) in [7, 11) is 0. The molecule has 0 atom stereocenters. The molecule has 4 nitrogen and oxygen atoms in total. The van der Waals surface area contributed by atoms with Crippen molar-refractivity contribution in [2.24, 2.45) is 0 Å². The van der Waals surface area contributed by atoms with E-state index in [0.29, 0.717) is 16.7 Å². The van der Waals surface area contributed by atoms with Crippen LogP contribution in [-0.2, 0) is 11.2 Å². The van der Waals surface area contributed by atoms with Crippen molar-refractivity contribution in [3.8, 4) is 11.3 Å². The van der Waals surface area contributed by atoms with Crippen LogP contribution >= 0.6 is 23.4 Å². The normalized spacial score (nSPS) is 10.6. The second-order valence-electron chi connectivity index (χ2n) is 6.06. The topological polar surface area (TPSA) is 54.9 Å². The number of carbonyl (C=O) groups excluding carboxylic acids is 1. The lowest BCUT2D eigenvalue weighted by atomic mass is 10.1. The molecule has 0 fully saturated rings. The molecule has 0 spiro atoms. The molecule has 1 heterocycles. The zero-order valence-electron chi connectivity index (χ0n) is 15.0. The number of hydrogen-bond donors (Lipinski definition) is 1. The first-order valence-corrected chi connectivity index (χ1v) is 10.0. The average Bonchev–Trinajstić information content (AvgIpc) is 2.67. The van der Waals surface area contributed by atoms with E-state index in [9.17, 15) is 4.79 Å². The summed E-state index contributed by atoms with van der Waals surface area (Å²) in [6.45, 7) is 2.51. The maximum absolute atomic E-state index is 12.1. The summed E-state index contributed by atoms with van der Waals surface area (Å²) in [5, 5.41) is 4.24. The van der Waals surface area contributed by atoms with Gasteiger partial charge in [0.15, 0.2) is 5.16 Å². The molecule has 0 radical (unpaired) electrons. The Kier molecular flexibility index (Phi) is 6.85. The Labute approximate surface area is 168 Å². The van der Waals surface area contributed by atoms with Gasteiger partial charge in [-0.2, -0.15) is 0 Å². The maximum Gasteiger partial charge on any atom is 0.230 e. The van der Waals surface area contributed by atoms with Crippen LogP contribution in [0, 0.1) is 6.92 Å². The molecular weight excluding hydrogens is 378 g/mol. The van der Waals surface area contributed by atoms with Gasteiger partial charge in [-0.3, -0.25) is 4.79 Å². The van der Waals surface area contributed by atoms with E-state index in [1.54, 1.807) is 0 Å². The van der Waals surface area contributed by atoms with E-state index in [1.165, 1.54) is 11.8 Å². The third kappa shape index (κ3) is 6.08. The largest absolute Gasteiger partial charge is 0.355 e. The van der Waals surface area contributed by atoms with Crippen molar-refractivity contribution in [3.05, 3.63) is 76.9 Å². The highest BCUT2D eigenvalue weighted by molar-refractivity contribution is 7.99. The number of benzene rings is 2. The number of hydrogen-bond acceptors (Lipinski definition) is 4. The number of nitrogens with one attached hydrogen (secondary N) is 1. The Morgan fingerprint density at radius 2 is 1.89 bits per heavy atom. The van der Waals surface area contributed by atoms with Gasteiger partial charge in [-0.1, -0.05) is 65.8 Å². The standard InChI is InChI=1S/C21H20ClN3OS/c1-15-12-19(17-7-3-2-4-8-17)25-21(24-15)27-14-20(26)23-11-10-16-6-5-9-18(22)13-16/h2-9,12-13H,10-11,14H2,1H3,(H,23,26). The van der Waals surface area contributed by atoms with E-state index in [2.05, 4.69) is 15.3 Å². The van der Waals surface area contributed by atoms with Crippen molar-refractivity contribution in [3.63, 3.8) is 0 Å². The van der Waals surface area contributed by atoms with E-state index in [4.69, 9.17) is 11.6 Å². The molecule has 0 saturated heterocycles. The minimum atomic E-state index is -0.0339. The van der Waals surface area contributed by atoms with Crippen LogP contribution in [0.2, 0.25) is 5.02 Å². The lowest BCUT2D eigenvalue weighted by Crippen LogP contribution is -2.27. The molecule has 3 aromatic rings. The molecule has 0 bridgehead atoms. The van der Waals surface area contributed by atoms with Gasteiger partial charge in [-0.15, -0.1) is 0 Å². The Morgan fingerprint density at radius 3 is 2.67 bits per heavy atom. The first kappa shape index (κ1) is 19.4. The predicted molar refractivity (Wildman–Crippen MR) is 111 cm³/mol. The summed E-state index contributed by atoms with van der Waals surface area (Å²) in [5.41, 5.74) is 3.89. The van der Waals surface area contributed by atoms with Crippen LogP contribution < -0.4 is 5.32 Å². The second kappa shape index (κ2) is 9.53. The second-order valence-corrected chi connectivity index (χ2v) is 7.44. The predicted octanol–water partition coefficient (Wildman–Crippen LogP) is 4.56. The fourth-order valence-corrected chi connectivity index (χ4v) is 3.53. The summed E-state index contributed by atoms with van der Waals surface area (Å²) in [6, 6.07) is 19.6. The SMILES string of the molecule is Cc1cc(-c2ccccc2)nc(SCC(=O)NCCc2cccc(Cl)c2)n1.